The fourth-order valence-corrected chi connectivity index (χ4v) is 0.918. The van der Waals surface area contributed by atoms with Crippen molar-refractivity contribution in [1.29, 1.82) is 0 Å². The van der Waals surface area contributed by atoms with Gasteiger partial charge in [-0.05, 0) is 14.0 Å². The Bertz CT molecular complexity index is 203. The molecule has 0 saturated heterocycles. The summed E-state index contributed by atoms with van der Waals surface area (Å²) >= 11 is 0. The number of ketones is 2. The van der Waals surface area contributed by atoms with Crippen LogP contribution in [0.25, 0.3) is 0 Å². The number of carbonyl (C=O) groups is 2. The number of likely N-dealkylation sites (N-methyl/N-ethyl adjacent to an activating group) is 1. The van der Waals surface area contributed by atoms with Crippen LogP contribution in [-0.2, 0) is 9.59 Å². The Morgan fingerprint density at radius 1 is 1.15 bits per heavy atom. The lowest BCUT2D eigenvalue weighted by atomic mass is 9.90. The predicted molar refractivity (Wildman–Crippen MR) is 52.6 cm³/mol. The van der Waals surface area contributed by atoms with Gasteiger partial charge in [0.2, 0.25) is 0 Å². The fourth-order valence-electron chi connectivity index (χ4n) is 0.918. The molecule has 0 heterocycles. The molecule has 0 saturated carbocycles. The van der Waals surface area contributed by atoms with Gasteiger partial charge < -0.3 is 0 Å². The zero-order chi connectivity index (χ0) is 10.6. The van der Waals surface area contributed by atoms with E-state index >= 15 is 0 Å². The molecule has 3 nitrogen and oxygen atoms in total. The van der Waals surface area contributed by atoms with Crippen molar-refractivity contribution in [2.45, 2.75) is 27.7 Å². The molecule has 0 rings (SSSR count). The number of nitrogens with zero attached hydrogens (tertiary/aromatic N) is 1. The van der Waals surface area contributed by atoms with E-state index in [1.54, 1.807) is 11.9 Å². The van der Waals surface area contributed by atoms with Crippen LogP contribution < -0.4 is 0 Å². The van der Waals surface area contributed by atoms with Gasteiger partial charge in [0.1, 0.15) is 5.78 Å². The van der Waals surface area contributed by atoms with Crippen LogP contribution in [0.4, 0.5) is 0 Å². The highest BCUT2D eigenvalue weighted by Crippen LogP contribution is 2.14. The van der Waals surface area contributed by atoms with Crippen LogP contribution in [0.1, 0.15) is 27.7 Å². The molecular weight excluding hydrogens is 166 g/mol. The first-order valence-electron chi connectivity index (χ1n) is 4.45. The Labute approximate surface area is 80.1 Å². The summed E-state index contributed by atoms with van der Waals surface area (Å²) in [6, 6.07) is 0. The number of hydrogen-bond donors (Lipinski definition) is 0. The second kappa shape index (κ2) is 4.51. The highest BCUT2D eigenvalue weighted by atomic mass is 16.1. The van der Waals surface area contributed by atoms with Crippen LogP contribution in [0, 0.1) is 5.41 Å². The standard InChI is InChI=1S/C10H19NO2/c1-8(12)6-11(5)7-9(13)10(2,3)4/h6-7H2,1-5H3. The molecule has 0 aromatic carbocycles. The van der Waals surface area contributed by atoms with Crippen LogP contribution in [-0.4, -0.2) is 36.6 Å². The average Bonchev–Trinajstić information content (AvgIpc) is 1.82. The number of carbonyl (C=O) groups excluding carboxylic acids is 2. The monoisotopic (exact) mass is 185 g/mol. The molecule has 0 fully saturated rings. The lowest BCUT2D eigenvalue weighted by Gasteiger charge is -2.21. The van der Waals surface area contributed by atoms with Crippen molar-refractivity contribution in [2.75, 3.05) is 20.1 Å². The third-order valence-corrected chi connectivity index (χ3v) is 1.74. The maximum absolute atomic E-state index is 11.5. The topological polar surface area (TPSA) is 37.4 Å². The highest BCUT2D eigenvalue weighted by molar-refractivity contribution is 5.86. The van der Waals surface area contributed by atoms with Gasteiger partial charge in [-0.25, -0.2) is 0 Å². The minimum Gasteiger partial charge on any atom is -0.299 e. The number of hydrogen-bond acceptors (Lipinski definition) is 3. The van der Waals surface area contributed by atoms with E-state index in [0.29, 0.717) is 13.1 Å². The summed E-state index contributed by atoms with van der Waals surface area (Å²) in [5, 5.41) is 0. The van der Waals surface area contributed by atoms with Gasteiger partial charge in [0, 0.05) is 5.41 Å². The summed E-state index contributed by atoms with van der Waals surface area (Å²) in [6.07, 6.45) is 0. The molecule has 0 unspecified atom stereocenters. The molecule has 0 amide bonds. The van der Waals surface area contributed by atoms with Gasteiger partial charge in [-0.15, -0.1) is 0 Å². The van der Waals surface area contributed by atoms with E-state index in [1.807, 2.05) is 20.8 Å². The van der Waals surface area contributed by atoms with Gasteiger partial charge in [-0.2, -0.15) is 0 Å². The van der Waals surface area contributed by atoms with E-state index in [4.69, 9.17) is 0 Å². The van der Waals surface area contributed by atoms with Crippen LogP contribution >= 0.6 is 0 Å². The largest absolute Gasteiger partial charge is 0.299 e. The molecular formula is C10H19NO2. The van der Waals surface area contributed by atoms with E-state index < -0.39 is 0 Å². The van der Waals surface area contributed by atoms with Gasteiger partial charge in [0.05, 0.1) is 13.1 Å². The van der Waals surface area contributed by atoms with Crippen molar-refractivity contribution >= 4 is 11.6 Å². The third-order valence-electron chi connectivity index (χ3n) is 1.74. The molecule has 0 aromatic heterocycles. The molecule has 76 valence electrons. The molecule has 0 radical (unpaired) electrons. The lowest BCUT2D eigenvalue weighted by molar-refractivity contribution is -0.127. The Hall–Kier alpha value is -0.700. The maximum Gasteiger partial charge on any atom is 0.152 e. The van der Waals surface area contributed by atoms with Crippen molar-refractivity contribution in [3.63, 3.8) is 0 Å². The van der Waals surface area contributed by atoms with Crippen molar-refractivity contribution in [2.24, 2.45) is 5.41 Å². The van der Waals surface area contributed by atoms with Crippen molar-refractivity contribution in [3.8, 4) is 0 Å². The quantitative estimate of drug-likeness (QED) is 0.658. The van der Waals surface area contributed by atoms with Crippen LogP contribution in [0.15, 0.2) is 0 Å². The molecule has 0 spiro atoms. The lowest BCUT2D eigenvalue weighted by Crippen LogP contribution is -2.35. The Kier molecular flexibility index (Phi) is 4.27. The van der Waals surface area contributed by atoms with Gasteiger partial charge in [0.15, 0.2) is 5.78 Å². The van der Waals surface area contributed by atoms with Gasteiger partial charge in [0.25, 0.3) is 0 Å². The molecule has 0 aromatic rings. The number of Topliss-reactive ketones (excluding diaryl/α,β-unsaturated/α-hetero) is 2. The van der Waals surface area contributed by atoms with Crippen LogP contribution in [0.2, 0.25) is 0 Å². The van der Waals surface area contributed by atoms with E-state index in [2.05, 4.69) is 0 Å². The highest BCUT2D eigenvalue weighted by Gasteiger charge is 2.22. The normalized spacial score (nSPS) is 11.8. The van der Waals surface area contributed by atoms with E-state index in [9.17, 15) is 9.59 Å². The maximum atomic E-state index is 11.5. The second-order valence-electron chi connectivity index (χ2n) is 4.55. The zero-order valence-corrected chi connectivity index (χ0v) is 9.18. The predicted octanol–water partition coefficient (Wildman–Crippen LogP) is 1.12. The third kappa shape index (κ3) is 5.53. The first-order valence-corrected chi connectivity index (χ1v) is 4.45. The molecule has 3 heteroatoms. The van der Waals surface area contributed by atoms with Crippen LogP contribution in [0.3, 0.4) is 0 Å². The molecule has 0 atom stereocenters. The van der Waals surface area contributed by atoms with Gasteiger partial charge in [-0.3, -0.25) is 14.5 Å². The van der Waals surface area contributed by atoms with E-state index in [0.717, 1.165) is 0 Å². The summed E-state index contributed by atoms with van der Waals surface area (Å²) in [5.74, 6) is 0.250. The first kappa shape index (κ1) is 12.3. The molecule has 0 aliphatic rings. The minimum absolute atomic E-state index is 0.0872. The fraction of sp³-hybridized carbons (Fsp3) is 0.800. The zero-order valence-electron chi connectivity index (χ0n) is 9.18. The van der Waals surface area contributed by atoms with Crippen molar-refractivity contribution < 1.29 is 9.59 Å². The summed E-state index contributed by atoms with van der Waals surface area (Å²) in [6.45, 7) is 7.88. The smallest absolute Gasteiger partial charge is 0.152 e. The summed E-state index contributed by atoms with van der Waals surface area (Å²) in [7, 11) is 1.78. The molecule has 0 bridgehead atoms. The van der Waals surface area contributed by atoms with Gasteiger partial charge in [-0.1, -0.05) is 20.8 Å². The SMILES string of the molecule is CC(=O)CN(C)CC(=O)C(C)(C)C. The molecule has 0 N–H and O–H groups in total. The van der Waals surface area contributed by atoms with E-state index in [1.165, 1.54) is 6.92 Å². The molecule has 0 aliphatic heterocycles. The Morgan fingerprint density at radius 2 is 1.62 bits per heavy atom. The van der Waals surface area contributed by atoms with Gasteiger partial charge >= 0.3 is 0 Å². The first-order chi connectivity index (χ1) is 5.73. The Balaban J connectivity index is 4.00. The average molecular weight is 185 g/mol. The summed E-state index contributed by atoms with van der Waals surface area (Å²) < 4.78 is 0. The summed E-state index contributed by atoms with van der Waals surface area (Å²) in [4.78, 5) is 24.0. The second-order valence-corrected chi connectivity index (χ2v) is 4.55. The van der Waals surface area contributed by atoms with Crippen molar-refractivity contribution in [3.05, 3.63) is 0 Å². The van der Waals surface area contributed by atoms with Crippen molar-refractivity contribution in [1.82, 2.24) is 4.90 Å². The Morgan fingerprint density at radius 3 is 1.92 bits per heavy atom. The molecule has 0 aliphatic carbocycles. The van der Waals surface area contributed by atoms with E-state index in [-0.39, 0.29) is 17.0 Å². The van der Waals surface area contributed by atoms with Crippen LogP contribution in [0.5, 0.6) is 0 Å². The minimum atomic E-state index is -0.314. The number of rotatable bonds is 4. The molecule has 13 heavy (non-hydrogen) atoms. The summed E-state index contributed by atoms with van der Waals surface area (Å²) in [5.41, 5.74) is -0.314.